The lowest BCUT2D eigenvalue weighted by molar-refractivity contribution is 0.477. The molecule has 44 heavy (non-hydrogen) atoms. The van der Waals surface area contributed by atoms with Gasteiger partial charge in [-0.1, -0.05) is 121 Å². The van der Waals surface area contributed by atoms with Gasteiger partial charge in [-0.05, 0) is 85.1 Å². The molecule has 1 N–H and O–H groups in total. The average molecular weight is 566 g/mol. The third kappa shape index (κ3) is 3.61. The Balaban J connectivity index is 1.45. The predicted octanol–water partition coefficient (Wildman–Crippen LogP) is 11.8. The molecule has 0 bridgehead atoms. The fourth-order valence-electron chi connectivity index (χ4n) is 6.90. The SMILES string of the molecule is [2H]c1cc([2H])c(-c2c3ccccc3c(-c3cc(-c4ccccc4O)c4c(ccc5oc6ccccc6c54)c3)c3ccccc23)c([2H])c1. The van der Waals surface area contributed by atoms with Crippen LogP contribution in [0.4, 0.5) is 0 Å². The van der Waals surface area contributed by atoms with Gasteiger partial charge in [0, 0.05) is 21.7 Å². The number of benzene rings is 8. The average Bonchev–Trinajstić information content (AvgIpc) is 3.46. The van der Waals surface area contributed by atoms with Gasteiger partial charge in [-0.2, -0.15) is 0 Å². The molecule has 2 heteroatoms. The van der Waals surface area contributed by atoms with E-state index in [0.717, 1.165) is 82.1 Å². The van der Waals surface area contributed by atoms with Crippen LogP contribution in [0.1, 0.15) is 4.11 Å². The molecule has 0 atom stereocenters. The highest BCUT2D eigenvalue weighted by Crippen LogP contribution is 2.48. The van der Waals surface area contributed by atoms with E-state index in [4.69, 9.17) is 8.53 Å². The number of fused-ring (bicyclic) bond motifs is 7. The Morgan fingerprint density at radius 1 is 0.477 bits per heavy atom. The third-order valence-electron chi connectivity index (χ3n) is 8.72. The minimum absolute atomic E-state index is 0.154. The molecule has 0 radical (unpaired) electrons. The van der Waals surface area contributed by atoms with Crippen LogP contribution >= 0.6 is 0 Å². The van der Waals surface area contributed by atoms with Gasteiger partial charge in [0.05, 0.1) is 4.11 Å². The summed E-state index contributed by atoms with van der Waals surface area (Å²) in [6.07, 6.45) is 0. The van der Waals surface area contributed by atoms with Crippen molar-refractivity contribution in [3.8, 4) is 39.1 Å². The maximum absolute atomic E-state index is 11.2. The molecular formula is C42H26O2. The van der Waals surface area contributed by atoms with Crippen LogP contribution in [0.3, 0.4) is 0 Å². The minimum atomic E-state index is 0.154. The summed E-state index contributed by atoms with van der Waals surface area (Å²) in [5, 5.41) is 19.1. The summed E-state index contributed by atoms with van der Waals surface area (Å²) in [5.74, 6) is 0.199. The first-order valence-electron chi connectivity index (χ1n) is 16.2. The lowest BCUT2D eigenvalue weighted by atomic mass is 9.84. The molecule has 0 saturated carbocycles. The van der Waals surface area contributed by atoms with Crippen LogP contribution in [0, 0.1) is 0 Å². The Morgan fingerprint density at radius 3 is 1.75 bits per heavy atom. The number of para-hydroxylation sites is 2. The van der Waals surface area contributed by atoms with Crippen molar-refractivity contribution in [1.82, 2.24) is 0 Å². The van der Waals surface area contributed by atoms with Gasteiger partial charge in [-0.25, -0.2) is 0 Å². The Labute approximate surface area is 258 Å². The lowest BCUT2D eigenvalue weighted by Crippen LogP contribution is -1.92. The predicted molar refractivity (Wildman–Crippen MR) is 184 cm³/mol. The molecule has 8 aromatic carbocycles. The van der Waals surface area contributed by atoms with E-state index < -0.39 is 0 Å². The Hall–Kier alpha value is -5.86. The van der Waals surface area contributed by atoms with Crippen molar-refractivity contribution < 1.29 is 13.6 Å². The molecule has 1 heterocycles. The van der Waals surface area contributed by atoms with Crippen molar-refractivity contribution in [1.29, 1.82) is 0 Å². The molecule has 206 valence electrons. The van der Waals surface area contributed by atoms with Crippen molar-refractivity contribution in [2.24, 2.45) is 0 Å². The summed E-state index contributed by atoms with van der Waals surface area (Å²) in [6, 6.07) is 43.8. The standard InChI is InChI=1S/C42H26O2/c43-36-20-10-8-14-29(36)35-25-28(24-27-22-23-38-42(41(27)35)34-19-9-11-21-37(34)44-38)40-32-17-6-4-15-30(32)39(26-12-2-1-3-13-26)31-16-5-7-18-33(31)40/h1-25,43H/i1D,12D,13D. The first kappa shape index (κ1) is 21.8. The number of hydrogen-bond acceptors (Lipinski definition) is 2. The van der Waals surface area contributed by atoms with Crippen LogP contribution in [-0.4, -0.2) is 5.11 Å². The van der Waals surface area contributed by atoms with E-state index in [9.17, 15) is 5.11 Å². The first-order valence-corrected chi connectivity index (χ1v) is 14.7. The summed E-state index contributed by atoms with van der Waals surface area (Å²) < 4.78 is 32.1. The highest BCUT2D eigenvalue weighted by Gasteiger charge is 2.21. The van der Waals surface area contributed by atoms with Gasteiger partial charge in [-0.15, -0.1) is 0 Å². The lowest BCUT2D eigenvalue weighted by Gasteiger charge is -2.19. The van der Waals surface area contributed by atoms with Crippen molar-refractivity contribution in [3.63, 3.8) is 0 Å². The van der Waals surface area contributed by atoms with Gasteiger partial charge in [0.2, 0.25) is 0 Å². The summed E-state index contributed by atoms with van der Waals surface area (Å²) >= 11 is 0. The van der Waals surface area contributed by atoms with Crippen LogP contribution in [-0.2, 0) is 0 Å². The summed E-state index contributed by atoms with van der Waals surface area (Å²) in [6.45, 7) is 0. The quantitative estimate of drug-likeness (QED) is 0.216. The molecule has 2 nitrogen and oxygen atoms in total. The second-order valence-electron chi connectivity index (χ2n) is 11.1. The van der Waals surface area contributed by atoms with Gasteiger partial charge < -0.3 is 9.52 Å². The topological polar surface area (TPSA) is 33.4 Å². The van der Waals surface area contributed by atoms with Gasteiger partial charge >= 0.3 is 0 Å². The molecule has 0 amide bonds. The summed E-state index contributed by atoms with van der Waals surface area (Å²) in [7, 11) is 0. The molecule has 0 unspecified atom stereocenters. The molecule has 0 aliphatic carbocycles. The molecule has 9 rings (SSSR count). The van der Waals surface area contributed by atoms with E-state index in [1.54, 1.807) is 6.07 Å². The minimum Gasteiger partial charge on any atom is -0.507 e. The summed E-state index contributed by atoms with van der Waals surface area (Å²) in [4.78, 5) is 0. The van der Waals surface area contributed by atoms with Crippen molar-refractivity contribution in [2.75, 3.05) is 0 Å². The van der Waals surface area contributed by atoms with Crippen LogP contribution in [0.25, 0.3) is 87.6 Å². The molecular weight excluding hydrogens is 536 g/mol. The maximum atomic E-state index is 11.2. The smallest absolute Gasteiger partial charge is 0.136 e. The van der Waals surface area contributed by atoms with E-state index in [1.807, 2.05) is 66.7 Å². The van der Waals surface area contributed by atoms with Crippen molar-refractivity contribution in [3.05, 3.63) is 152 Å². The molecule has 0 aliphatic rings. The molecule has 9 aromatic rings. The molecule has 0 fully saturated rings. The highest BCUT2D eigenvalue weighted by molar-refractivity contribution is 6.26. The van der Waals surface area contributed by atoms with Crippen molar-refractivity contribution >= 4 is 54.3 Å². The van der Waals surface area contributed by atoms with E-state index in [1.165, 1.54) is 12.1 Å². The number of phenols is 1. The van der Waals surface area contributed by atoms with Crippen LogP contribution < -0.4 is 0 Å². The fourth-order valence-corrected chi connectivity index (χ4v) is 6.90. The molecule has 0 aliphatic heterocycles. The Kier molecular flexibility index (Phi) is 4.75. The fraction of sp³-hybridized carbons (Fsp3) is 0. The van der Waals surface area contributed by atoms with Gasteiger partial charge in [0.25, 0.3) is 0 Å². The van der Waals surface area contributed by atoms with E-state index in [2.05, 4.69) is 48.5 Å². The van der Waals surface area contributed by atoms with Crippen molar-refractivity contribution in [2.45, 2.75) is 0 Å². The number of hydrogen-bond donors (Lipinski definition) is 1. The molecule has 0 saturated heterocycles. The molecule has 1 aromatic heterocycles. The molecule has 0 spiro atoms. The van der Waals surface area contributed by atoms with E-state index in [0.29, 0.717) is 5.56 Å². The first-order chi connectivity index (χ1) is 23.0. The number of furan rings is 1. The number of rotatable bonds is 3. The number of phenolic OH excluding ortho intramolecular Hbond substituents is 1. The number of aromatic hydroxyl groups is 1. The Bertz CT molecular complexity index is 2660. The van der Waals surface area contributed by atoms with Crippen LogP contribution in [0.5, 0.6) is 5.75 Å². The van der Waals surface area contributed by atoms with E-state index in [-0.39, 0.29) is 23.9 Å². The van der Waals surface area contributed by atoms with Gasteiger partial charge in [-0.3, -0.25) is 0 Å². The van der Waals surface area contributed by atoms with Gasteiger partial charge in [0.1, 0.15) is 16.9 Å². The van der Waals surface area contributed by atoms with Gasteiger partial charge in [0.15, 0.2) is 0 Å². The third-order valence-corrected chi connectivity index (χ3v) is 8.72. The van der Waals surface area contributed by atoms with Crippen LogP contribution in [0.15, 0.2) is 156 Å². The second-order valence-corrected chi connectivity index (χ2v) is 11.1. The zero-order valence-electron chi connectivity index (χ0n) is 26.6. The largest absolute Gasteiger partial charge is 0.507 e. The maximum Gasteiger partial charge on any atom is 0.136 e. The normalized spacial score (nSPS) is 12.7. The second kappa shape index (κ2) is 9.58. The zero-order valence-corrected chi connectivity index (χ0v) is 23.6. The zero-order chi connectivity index (χ0) is 31.8. The highest BCUT2D eigenvalue weighted by atomic mass is 16.3. The monoisotopic (exact) mass is 565 g/mol. The Morgan fingerprint density at radius 2 is 1.07 bits per heavy atom. The van der Waals surface area contributed by atoms with E-state index >= 15 is 0 Å². The van der Waals surface area contributed by atoms with Crippen LogP contribution in [0.2, 0.25) is 0 Å². The summed E-state index contributed by atoms with van der Waals surface area (Å²) in [5.41, 5.74) is 6.60.